The zero-order valence-corrected chi connectivity index (χ0v) is 7.81. The van der Waals surface area contributed by atoms with E-state index in [1.54, 1.807) is 5.38 Å². The zero-order valence-electron chi connectivity index (χ0n) is 7.00. The van der Waals surface area contributed by atoms with Gasteiger partial charge in [0.25, 0.3) is 0 Å². The van der Waals surface area contributed by atoms with Gasteiger partial charge in [-0.2, -0.15) is 0 Å². The van der Waals surface area contributed by atoms with Gasteiger partial charge < -0.3 is 10.4 Å². The van der Waals surface area contributed by atoms with Gasteiger partial charge in [-0.1, -0.05) is 0 Å². The van der Waals surface area contributed by atoms with Crippen molar-refractivity contribution in [3.8, 4) is 0 Å². The first kappa shape index (κ1) is 9.22. The van der Waals surface area contributed by atoms with Crippen LogP contribution in [0.15, 0.2) is 11.4 Å². The molecule has 2 N–H and O–H groups in total. The van der Waals surface area contributed by atoms with Crippen LogP contribution in [0.5, 0.6) is 0 Å². The molecule has 0 aromatic carbocycles. The van der Waals surface area contributed by atoms with Gasteiger partial charge in [0.1, 0.15) is 4.88 Å². The molecule has 0 saturated heterocycles. The molecule has 1 aromatic rings. The Hall–Kier alpha value is -0.870. The van der Waals surface area contributed by atoms with Crippen molar-refractivity contribution in [1.82, 2.24) is 5.32 Å². The van der Waals surface area contributed by atoms with E-state index in [0.29, 0.717) is 4.88 Å². The van der Waals surface area contributed by atoms with E-state index in [-0.39, 0.29) is 6.04 Å². The highest BCUT2D eigenvalue weighted by Crippen LogP contribution is 2.22. The Kier molecular flexibility index (Phi) is 2.83. The summed E-state index contributed by atoms with van der Waals surface area (Å²) in [5.41, 5.74) is 0.856. The van der Waals surface area contributed by atoms with Gasteiger partial charge in [-0.05, 0) is 31.0 Å². The standard InChI is InChI=1S/C8H11NO2S/c1-5(9-2)6-3-4-12-7(6)8(10)11/h3-5,9H,1-2H3,(H,10,11)/t5-/m1/s1. The predicted molar refractivity (Wildman–Crippen MR) is 48.8 cm³/mol. The highest BCUT2D eigenvalue weighted by atomic mass is 32.1. The van der Waals surface area contributed by atoms with Crippen LogP contribution in [0.25, 0.3) is 0 Å². The third-order valence-corrected chi connectivity index (χ3v) is 2.71. The number of carboxylic acids is 1. The van der Waals surface area contributed by atoms with Gasteiger partial charge >= 0.3 is 5.97 Å². The average Bonchev–Trinajstić information content (AvgIpc) is 2.50. The molecule has 0 radical (unpaired) electrons. The van der Waals surface area contributed by atoms with Crippen LogP contribution in [0.1, 0.15) is 28.2 Å². The quantitative estimate of drug-likeness (QED) is 0.754. The lowest BCUT2D eigenvalue weighted by Crippen LogP contribution is -2.14. The molecular weight excluding hydrogens is 174 g/mol. The Morgan fingerprint density at radius 1 is 1.75 bits per heavy atom. The topological polar surface area (TPSA) is 49.3 Å². The van der Waals surface area contributed by atoms with E-state index in [0.717, 1.165) is 5.56 Å². The summed E-state index contributed by atoms with van der Waals surface area (Å²) < 4.78 is 0. The second kappa shape index (κ2) is 3.69. The molecule has 12 heavy (non-hydrogen) atoms. The van der Waals surface area contributed by atoms with E-state index in [1.807, 2.05) is 20.0 Å². The van der Waals surface area contributed by atoms with Crippen molar-refractivity contribution in [3.05, 3.63) is 21.9 Å². The van der Waals surface area contributed by atoms with Gasteiger partial charge in [-0.25, -0.2) is 4.79 Å². The number of aromatic carboxylic acids is 1. The molecule has 0 fully saturated rings. The van der Waals surface area contributed by atoms with Crippen molar-refractivity contribution in [2.75, 3.05) is 7.05 Å². The fourth-order valence-corrected chi connectivity index (χ4v) is 1.82. The second-order valence-electron chi connectivity index (χ2n) is 2.52. The summed E-state index contributed by atoms with van der Waals surface area (Å²) in [4.78, 5) is 11.1. The number of carbonyl (C=O) groups is 1. The number of thiophene rings is 1. The Morgan fingerprint density at radius 3 is 2.92 bits per heavy atom. The molecule has 0 aliphatic heterocycles. The van der Waals surface area contributed by atoms with E-state index in [4.69, 9.17) is 5.11 Å². The fourth-order valence-electron chi connectivity index (χ4n) is 0.989. The largest absolute Gasteiger partial charge is 0.477 e. The van der Waals surface area contributed by atoms with Crippen molar-refractivity contribution in [1.29, 1.82) is 0 Å². The molecule has 4 heteroatoms. The molecular formula is C8H11NO2S. The monoisotopic (exact) mass is 185 g/mol. The van der Waals surface area contributed by atoms with E-state index < -0.39 is 5.97 Å². The van der Waals surface area contributed by atoms with Crippen LogP contribution in [0.4, 0.5) is 0 Å². The van der Waals surface area contributed by atoms with Crippen molar-refractivity contribution < 1.29 is 9.90 Å². The smallest absolute Gasteiger partial charge is 0.346 e. The van der Waals surface area contributed by atoms with Gasteiger partial charge in [-0.3, -0.25) is 0 Å². The Bertz CT molecular complexity index is 282. The number of rotatable bonds is 3. The fraction of sp³-hybridized carbons (Fsp3) is 0.375. The molecule has 1 atom stereocenters. The van der Waals surface area contributed by atoms with Gasteiger partial charge in [-0.15, -0.1) is 11.3 Å². The lowest BCUT2D eigenvalue weighted by Gasteiger charge is -2.08. The SMILES string of the molecule is CN[C@H](C)c1ccsc1C(=O)O. The molecule has 1 heterocycles. The van der Waals surface area contributed by atoms with Crippen LogP contribution in [0.3, 0.4) is 0 Å². The summed E-state index contributed by atoms with van der Waals surface area (Å²) in [6, 6.07) is 1.94. The Morgan fingerprint density at radius 2 is 2.42 bits per heavy atom. The first-order chi connectivity index (χ1) is 5.66. The molecule has 0 aliphatic carbocycles. The number of hydrogen-bond donors (Lipinski definition) is 2. The molecule has 0 amide bonds. The molecule has 0 unspecified atom stereocenters. The summed E-state index contributed by atoms with van der Waals surface area (Å²) in [7, 11) is 1.81. The number of hydrogen-bond acceptors (Lipinski definition) is 3. The second-order valence-corrected chi connectivity index (χ2v) is 3.44. The van der Waals surface area contributed by atoms with Crippen LogP contribution >= 0.6 is 11.3 Å². The van der Waals surface area contributed by atoms with Gasteiger partial charge in [0, 0.05) is 6.04 Å². The first-order valence-electron chi connectivity index (χ1n) is 3.64. The maximum Gasteiger partial charge on any atom is 0.346 e. The minimum atomic E-state index is -0.845. The summed E-state index contributed by atoms with van der Waals surface area (Å²) in [6.07, 6.45) is 0. The van der Waals surface area contributed by atoms with Crippen molar-refractivity contribution in [2.45, 2.75) is 13.0 Å². The van der Waals surface area contributed by atoms with Crippen LogP contribution < -0.4 is 5.32 Å². The maximum atomic E-state index is 10.7. The normalized spacial score (nSPS) is 12.8. The zero-order chi connectivity index (χ0) is 9.14. The number of nitrogens with one attached hydrogen (secondary N) is 1. The van der Waals surface area contributed by atoms with E-state index in [9.17, 15) is 4.79 Å². The summed E-state index contributed by atoms with van der Waals surface area (Å²) in [5.74, 6) is -0.845. The van der Waals surface area contributed by atoms with Gasteiger partial charge in [0.05, 0.1) is 0 Å². The molecule has 3 nitrogen and oxygen atoms in total. The molecule has 0 saturated carbocycles. The van der Waals surface area contributed by atoms with Crippen LogP contribution in [-0.4, -0.2) is 18.1 Å². The third kappa shape index (κ3) is 1.65. The highest BCUT2D eigenvalue weighted by molar-refractivity contribution is 7.12. The summed E-state index contributed by atoms with van der Waals surface area (Å²) in [6.45, 7) is 1.94. The van der Waals surface area contributed by atoms with E-state index in [2.05, 4.69) is 5.32 Å². The molecule has 1 aromatic heterocycles. The van der Waals surface area contributed by atoms with Crippen LogP contribution in [-0.2, 0) is 0 Å². The molecule has 0 aliphatic rings. The first-order valence-corrected chi connectivity index (χ1v) is 4.52. The molecule has 0 bridgehead atoms. The summed E-state index contributed by atoms with van der Waals surface area (Å²) in [5, 5.41) is 13.6. The van der Waals surface area contributed by atoms with E-state index in [1.165, 1.54) is 11.3 Å². The van der Waals surface area contributed by atoms with E-state index >= 15 is 0 Å². The van der Waals surface area contributed by atoms with Crippen LogP contribution in [0, 0.1) is 0 Å². The summed E-state index contributed by atoms with van der Waals surface area (Å²) >= 11 is 1.26. The molecule has 1 rings (SSSR count). The minimum absolute atomic E-state index is 0.0994. The number of carboxylic acid groups (broad SMARTS) is 1. The van der Waals surface area contributed by atoms with Gasteiger partial charge in [0.15, 0.2) is 0 Å². The average molecular weight is 185 g/mol. The lowest BCUT2D eigenvalue weighted by atomic mass is 10.1. The lowest BCUT2D eigenvalue weighted by molar-refractivity contribution is 0.0700. The predicted octanol–water partition coefficient (Wildman–Crippen LogP) is 1.73. The third-order valence-electron chi connectivity index (χ3n) is 1.79. The van der Waals surface area contributed by atoms with Crippen molar-refractivity contribution in [3.63, 3.8) is 0 Å². The van der Waals surface area contributed by atoms with Gasteiger partial charge in [0.2, 0.25) is 0 Å². The Balaban J connectivity index is 2.98. The van der Waals surface area contributed by atoms with Crippen LogP contribution in [0.2, 0.25) is 0 Å². The Labute approximate surface area is 75.0 Å². The minimum Gasteiger partial charge on any atom is -0.477 e. The highest BCUT2D eigenvalue weighted by Gasteiger charge is 2.15. The maximum absolute atomic E-state index is 10.7. The molecule has 0 spiro atoms. The van der Waals surface area contributed by atoms with Crippen molar-refractivity contribution in [2.24, 2.45) is 0 Å². The van der Waals surface area contributed by atoms with Crippen molar-refractivity contribution >= 4 is 17.3 Å². The molecule has 66 valence electrons.